The Morgan fingerprint density at radius 3 is 2.63 bits per heavy atom. The average Bonchev–Trinajstić information content (AvgIpc) is 3.66. The van der Waals surface area contributed by atoms with Crippen molar-refractivity contribution >= 4 is 27.3 Å². The fourth-order valence-corrected chi connectivity index (χ4v) is 6.59. The molecule has 38 heavy (non-hydrogen) atoms. The molecule has 2 atom stereocenters. The van der Waals surface area contributed by atoms with Gasteiger partial charge < -0.3 is 9.84 Å². The molecule has 4 aromatic rings. The van der Waals surface area contributed by atoms with Gasteiger partial charge in [0.1, 0.15) is 5.75 Å². The fourth-order valence-electron chi connectivity index (χ4n) is 4.68. The van der Waals surface area contributed by atoms with E-state index in [1.807, 2.05) is 30.6 Å². The minimum atomic E-state index is -3.67. The standard InChI is InChI=1S/C28H25N3O5S2/c32-27-19(11-20-7-5-18(13-30-20)26-14-29-16-37-26)15-36-25-12-17(6-10-24(25)27)22-3-1-2-4-23(22)28(33)31-38(34,35)21-8-9-21/h1-7,10,12-14,16,19,21,27,32H,8-9,11,15H2,(H,31,33)/t19-,27+/m0/s1. The van der Waals surface area contributed by atoms with Crippen LogP contribution in [-0.4, -0.2) is 41.3 Å². The first-order valence-electron chi connectivity index (χ1n) is 12.3. The second kappa shape index (κ2) is 9.94. The van der Waals surface area contributed by atoms with Crippen LogP contribution in [0.4, 0.5) is 0 Å². The molecule has 1 amide bonds. The lowest BCUT2D eigenvalue weighted by atomic mass is 9.88. The van der Waals surface area contributed by atoms with Crippen LogP contribution < -0.4 is 9.46 Å². The second-order valence-electron chi connectivity index (χ2n) is 9.60. The molecule has 2 aliphatic rings. The number of nitrogens with zero attached hydrogens (tertiary/aromatic N) is 2. The van der Waals surface area contributed by atoms with E-state index in [1.165, 1.54) is 0 Å². The van der Waals surface area contributed by atoms with Crippen molar-refractivity contribution in [2.75, 3.05) is 6.61 Å². The van der Waals surface area contributed by atoms with Gasteiger partial charge in [-0.05, 0) is 48.6 Å². The first-order valence-corrected chi connectivity index (χ1v) is 14.8. The van der Waals surface area contributed by atoms with Crippen LogP contribution in [0.5, 0.6) is 5.75 Å². The molecule has 0 spiro atoms. The number of aliphatic hydroxyl groups excluding tert-OH is 1. The molecule has 2 aromatic heterocycles. The van der Waals surface area contributed by atoms with E-state index in [0.717, 1.165) is 16.1 Å². The topological polar surface area (TPSA) is 118 Å². The second-order valence-corrected chi connectivity index (χ2v) is 12.4. The van der Waals surface area contributed by atoms with E-state index in [1.54, 1.807) is 53.2 Å². The number of sulfonamides is 1. The minimum Gasteiger partial charge on any atom is -0.493 e. The maximum Gasteiger partial charge on any atom is 0.265 e. The molecule has 0 radical (unpaired) electrons. The summed E-state index contributed by atoms with van der Waals surface area (Å²) in [7, 11) is -3.67. The summed E-state index contributed by atoms with van der Waals surface area (Å²) < 4.78 is 32.9. The third kappa shape index (κ3) is 4.94. The molecule has 3 heterocycles. The minimum absolute atomic E-state index is 0.166. The molecule has 6 rings (SSSR count). The Hall–Kier alpha value is -3.60. The van der Waals surface area contributed by atoms with Crippen molar-refractivity contribution in [2.45, 2.75) is 30.6 Å². The number of ether oxygens (including phenoxy) is 1. The van der Waals surface area contributed by atoms with Crippen LogP contribution in [0.3, 0.4) is 0 Å². The van der Waals surface area contributed by atoms with Gasteiger partial charge in [0.2, 0.25) is 10.0 Å². The third-order valence-corrected chi connectivity index (χ3v) is 9.57. The molecule has 1 saturated carbocycles. The summed E-state index contributed by atoms with van der Waals surface area (Å²) in [6.45, 7) is 0.317. The Kier molecular flexibility index (Phi) is 6.46. The van der Waals surface area contributed by atoms with Gasteiger partial charge in [-0.25, -0.2) is 13.1 Å². The van der Waals surface area contributed by atoms with Crippen molar-refractivity contribution in [1.29, 1.82) is 0 Å². The van der Waals surface area contributed by atoms with Crippen LogP contribution in [0.1, 0.15) is 40.6 Å². The number of rotatable bonds is 7. The number of pyridine rings is 1. The highest BCUT2D eigenvalue weighted by molar-refractivity contribution is 7.91. The summed E-state index contributed by atoms with van der Waals surface area (Å²) in [6.07, 6.45) is 4.60. The van der Waals surface area contributed by atoms with Crippen LogP contribution >= 0.6 is 11.3 Å². The van der Waals surface area contributed by atoms with Gasteiger partial charge in [-0.1, -0.05) is 36.4 Å². The number of fused-ring (bicyclic) bond motifs is 1. The number of benzene rings is 2. The normalized spacial score (nSPS) is 18.9. The predicted molar refractivity (Wildman–Crippen MR) is 144 cm³/mol. The Balaban J connectivity index is 1.20. The maximum atomic E-state index is 12.9. The van der Waals surface area contributed by atoms with Gasteiger partial charge >= 0.3 is 0 Å². The maximum absolute atomic E-state index is 12.9. The average molecular weight is 548 g/mol. The van der Waals surface area contributed by atoms with Crippen LogP contribution in [0.25, 0.3) is 21.6 Å². The number of hydrogen-bond acceptors (Lipinski definition) is 8. The molecule has 8 nitrogen and oxygen atoms in total. The zero-order chi connectivity index (χ0) is 26.3. The van der Waals surface area contributed by atoms with E-state index in [9.17, 15) is 18.3 Å². The van der Waals surface area contributed by atoms with Crippen molar-refractivity contribution in [1.82, 2.24) is 14.7 Å². The third-order valence-electron chi connectivity index (χ3n) is 6.93. The Morgan fingerprint density at radius 2 is 1.89 bits per heavy atom. The van der Waals surface area contributed by atoms with Gasteiger partial charge in [0.05, 0.1) is 28.3 Å². The Labute approximate surface area is 224 Å². The van der Waals surface area contributed by atoms with E-state index in [0.29, 0.717) is 48.3 Å². The van der Waals surface area contributed by atoms with E-state index >= 15 is 0 Å². The highest BCUT2D eigenvalue weighted by Crippen LogP contribution is 2.40. The van der Waals surface area contributed by atoms with Gasteiger partial charge in [0, 0.05) is 40.7 Å². The summed E-state index contributed by atoms with van der Waals surface area (Å²) in [5.41, 5.74) is 5.88. The van der Waals surface area contributed by atoms with Crippen molar-refractivity contribution in [3.63, 3.8) is 0 Å². The van der Waals surface area contributed by atoms with Gasteiger partial charge in [0.15, 0.2) is 0 Å². The summed E-state index contributed by atoms with van der Waals surface area (Å²) in [5, 5.41) is 10.6. The molecular formula is C28H25N3O5S2. The summed E-state index contributed by atoms with van der Waals surface area (Å²) >= 11 is 1.56. The van der Waals surface area contributed by atoms with Crippen LogP contribution in [0.2, 0.25) is 0 Å². The molecule has 2 N–H and O–H groups in total. The SMILES string of the molecule is O=C(NS(=O)(=O)C1CC1)c1ccccc1-c1ccc2c(c1)OC[C@H](Cc1ccc(-c3cncs3)cn1)[C@H]2O. The molecule has 10 heteroatoms. The van der Waals surface area contributed by atoms with Crippen molar-refractivity contribution < 1.29 is 23.1 Å². The molecule has 0 bridgehead atoms. The molecule has 1 aliphatic carbocycles. The predicted octanol–water partition coefficient (Wildman–Crippen LogP) is 4.38. The summed E-state index contributed by atoms with van der Waals surface area (Å²) in [4.78, 5) is 22.6. The zero-order valence-corrected chi connectivity index (χ0v) is 21.9. The summed E-state index contributed by atoms with van der Waals surface area (Å²) in [5.74, 6) is -0.276. The molecule has 0 unspecified atom stereocenters. The molecule has 2 aromatic carbocycles. The van der Waals surface area contributed by atoms with Crippen LogP contribution in [0, 0.1) is 5.92 Å². The van der Waals surface area contributed by atoms with Crippen LogP contribution in [0.15, 0.2) is 72.5 Å². The monoisotopic (exact) mass is 547 g/mol. The van der Waals surface area contributed by atoms with Crippen molar-refractivity contribution in [3.05, 3.63) is 89.3 Å². The smallest absolute Gasteiger partial charge is 0.265 e. The number of aromatic nitrogens is 2. The lowest BCUT2D eigenvalue weighted by Gasteiger charge is -2.30. The van der Waals surface area contributed by atoms with Gasteiger partial charge in [-0.15, -0.1) is 11.3 Å². The quantitative estimate of drug-likeness (QED) is 0.353. The Morgan fingerprint density at radius 1 is 1.08 bits per heavy atom. The lowest BCUT2D eigenvalue weighted by Crippen LogP contribution is -2.33. The highest BCUT2D eigenvalue weighted by atomic mass is 32.2. The highest BCUT2D eigenvalue weighted by Gasteiger charge is 2.37. The Bertz CT molecular complexity index is 1580. The fraction of sp³-hybridized carbons (Fsp3) is 0.250. The van der Waals surface area contributed by atoms with Crippen molar-refractivity contribution in [3.8, 4) is 27.3 Å². The summed E-state index contributed by atoms with van der Waals surface area (Å²) in [6, 6.07) is 16.2. The first-order chi connectivity index (χ1) is 18.4. The van der Waals surface area contributed by atoms with Crippen molar-refractivity contribution in [2.24, 2.45) is 5.92 Å². The molecule has 1 fully saturated rings. The number of carbonyl (C=O) groups excluding carboxylic acids is 1. The number of aliphatic hydroxyl groups is 1. The number of hydrogen-bond donors (Lipinski definition) is 2. The number of carbonyl (C=O) groups is 1. The zero-order valence-electron chi connectivity index (χ0n) is 20.3. The van der Waals surface area contributed by atoms with Crippen LogP contribution in [-0.2, 0) is 16.4 Å². The number of nitrogens with one attached hydrogen (secondary N) is 1. The largest absolute Gasteiger partial charge is 0.493 e. The van der Waals surface area contributed by atoms with Gasteiger partial charge in [-0.2, -0.15) is 0 Å². The molecule has 194 valence electrons. The van der Waals surface area contributed by atoms with Gasteiger partial charge in [0.25, 0.3) is 5.91 Å². The first kappa shape index (κ1) is 24.7. The lowest BCUT2D eigenvalue weighted by molar-refractivity contribution is 0.0503. The van der Waals surface area contributed by atoms with E-state index in [2.05, 4.69) is 14.7 Å². The van der Waals surface area contributed by atoms with E-state index < -0.39 is 27.3 Å². The molecule has 0 saturated heterocycles. The number of thiazole rings is 1. The number of amides is 1. The van der Waals surface area contributed by atoms with E-state index in [4.69, 9.17) is 4.74 Å². The van der Waals surface area contributed by atoms with Gasteiger partial charge in [-0.3, -0.25) is 14.8 Å². The van der Waals surface area contributed by atoms with E-state index in [-0.39, 0.29) is 11.5 Å². The molecular weight excluding hydrogens is 522 g/mol. The molecule has 1 aliphatic heterocycles.